The lowest BCUT2D eigenvalue weighted by molar-refractivity contribution is 0.0990. The van der Waals surface area contributed by atoms with Crippen LogP contribution in [0.25, 0.3) is 0 Å². The summed E-state index contributed by atoms with van der Waals surface area (Å²) in [6, 6.07) is 21.0. The second-order valence-corrected chi connectivity index (χ2v) is 7.58. The molecule has 1 saturated heterocycles. The van der Waals surface area contributed by atoms with Crippen LogP contribution in [0.5, 0.6) is 0 Å². The lowest BCUT2D eigenvalue weighted by Gasteiger charge is -2.47. The Morgan fingerprint density at radius 2 is 1.62 bits per heavy atom. The molecule has 4 unspecified atom stereocenters. The van der Waals surface area contributed by atoms with Crippen molar-refractivity contribution in [2.75, 3.05) is 6.54 Å². The molecule has 2 aromatic carbocycles. The molecule has 0 radical (unpaired) electrons. The van der Waals surface area contributed by atoms with Crippen LogP contribution in [0.2, 0.25) is 0 Å². The van der Waals surface area contributed by atoms with Crippen LogP contribution in [-0.4, -0.2) is 23.0 Å². The highest BCUT2D eigenvalue weighted by Crippen LogP contribution is 2.56. The summed E-state index contributed by atoms with van der Waals surface area (Å²) < 4.78 is 0. The molecular formula is C22H28ClN. The van der Waals surface area contributed by atoms with Gasteiger partial charge in [0.15, 0.2) is 0 Å². The molecular weight excluding hydrogens is 314 g/mol. The molecule has 0 N–H and O–H groups in total. The second kappa shape index (κ2) is 6.54. The summed E-state index contributed by atoms with van der Waals surface area (Å²) in [7, 11) is 0. The summed E-state index contributed by atoms with van der Waals surface area (Å²) in [5.74, 6) is 1.20. The predicted octanol–water partition coefficient (Wildman–Crippen LogP) is 5.60. The molecule has 128 valence electrons. The largest absolute Gasteiger partial charge is 0.295 e. The van der Waals surface area contributed by atoms with Crippen LogP contribution in [0, 0.1) is 0 Å². The maximum Gasteiger partial charge on any atom is 0.0262 e. The Balaban J connectivity index is 0.00000169. The van der Waals surface area contributed by atoms with Gasteiger partial charge in [-0.2, -0.15) is 0 Å². The Morgan fingerprint density at radius 1 is 1.00 bits per heavy atom. The second-order valence-electron chi connectivity index (χ2n) is 7.58. The number of likely N-dealkylation sites (tertiary alicyclic amines) is 1. The summed E-state index contributed by atoms with van der Waals surface area (Å²) in [6.07, 6.45) is 2.53. The number of benzene rings is 2. The predicted molar refractivity (Wildman–Crippen MR) is 104 cm³/mol. The minimum atomic E-state index is 0. The van der Waals surface area contributed by atoms with Crippen LogP contribution in [-0.2, 0) is 0 Å². The van der Waals surface area contributed by atoms with E-state index in [0.29, 0.717) is 17.9 Å². The fourth-order valence-electron chi connectivity index (χ4n) is 5.47. The molecule has 1 fully saturated rings. The number of likely N-dealkylation sites (N-methyl/N-ethyl adjacent to an activating group) is 1. The average Bonchev–Trinajstić information content (AvgIpc) is 2.85. The molecule has 1 nitrogen and oxygen atoms in total. The molecule has 0 aromatic heterocycles. The topological polar surface area (TPSA) is 3.24 Å². The SMILES string of the molecule is CCN1C(C)CC2c3ccccc3C(c3ccccc3)CC21C.Cl. The van der Waals surface area contributed by atoms with Gasteiger partial charge in [0, 0.05) is 23.4 Å². The lowest BCUT2D eigenvalue weighted by atomic mass is 9.65. The first-order valence-electron chi connectivity index (χ1n) is 9.05. The lowest BCUT2D eigenvalue weighted by Crippen LogP contribution is -2.49. The maximum atomic E-state index is 2.75. The first-order valence-corrected chi connectivity index (χ1v) is 9.05. The summed E-state index contributed by atoms with van der Waals surface area (Å²) in [5, 5.41) is 0. The van der Waals surface area contributed by atoms with Crippen molar-refractivity contribution in [1.29, 1.82) is 0 Å². The molecule has 2 aliphatic rings. The van der Waals surface area contributed by atoms with E-state index in [0.717, 1.165) is 6.54 Å². The van der Waals surface area contributed by atoms with Gasteiger partial charge in [-0.1, -0.05) is 61.5 Å². The molecule has 2 aromatic rings. The molecule has 0 spiro atoms. The van der Waals surface area contributed by atoms with Gasteiger partial charge < -0.3 is 0 Å². The number of nitrogens with zero attached hydrogens (tertiary/aromatic N) is 1. The van der Waals surface area contributed by atoms with Gasteiger partial charge in [0.1, 0.15) is 0 Å². The van der Waals surface area contributed by atoms with E-state index in [4.69, 9.17) is 0 Å². The van der Waals surface area contributed by atoms with Crippen molar-refractivity contribution >= 4 is 12.4 Å². The number of halogens is 1. The highest BCUT2D eigenvalue weighted by Gasteiger charge is 2.52. The first-order chi connectivity index (χ1) is 11.1. The molecule has 1 heterocycles. The van der Waals surface area contributed by atoms with Gasteiger partial charge in [0.05, 0.1) is 0 Å². The summed E-state index contributed by atoms with van der Waals surface area (Å²) in [5.41, 5.74) is 4.91. The summed E-state index contributed by atoms with van der Waals surface area (Å²) in [6.45, 7) is 8.39. The van der Waals surface area contributed by atoms with Crippen molar-refractivity contribution in [2.45, 2.75) is 57.0 Å². The van der Waals surface area contributed by atoms with E-state index in [2.05, 4.69) is 80.3 Å². The highest BCUT2D eigenvalue weighted by atomic mass is 35.5. The van der Waals surface area contributed by atoms with Crippen LogP contribution in [0.4, 0.5) is 0 Å². The molecule has 2 heteroatoms. The van der Waals surface area contributed by atoms with Gasteiger partial charge in [-0.15, -0.1) is 12.4 Å². The average molecular weight is 342 g/mol. The third-order valence-corrected chi connectivity index (χ3v) is 6.42. The third kappa shape index (κ3) is 2.50. The van der Waals surface area contributed by atoms with Crippen molar-refractivity contribution in [2.24, 2.45) is 0 Å². The zero-order valence-electron chi connectivity index (χ0n) is 14.9. The van der Waals surface area contributed by atoms with Crippen molar-refractivity contribution in [1.82, 2.24) is 4.90 Å². The molecule has 0 saturated carbocycles. The Labute approximate surface area is 152 Å². The van der Waals surface area contributed by atoms with Gasteiger partial charge in [-0.25, -0.2) is 0 Å². The molecule has 1 aliphatic heterocycles. The molecule has 1 aliphatic carbocycles. The normalized spacial score (nSPS) is 31.9. The van der Waals surface area contributed by atoms with E-state index in [1.807, 2.05) is 0 Å². The number of fused-ring (bicyclic) bond motifs is 3. The third-order valence-electron chi connectivity index (χ3n) is 6.42. The van der Waals surface area contributed by atoms with E-state index in [-0.39, 0.29) is 17.9 Å². The van der Waals surface area contributed by atoms with Gasteiger partial charge in [0.25, 0.3) is 0 Å². The quantitative estimate of drug-likeness (QED) is 0.687. The van der Waals surface area contributed by atoms with Gasteiger partial charge >= 0.3 is 0 Å². The van der Waals surface area contributed by atoms with Crippen LogP contribution < -0.4 is 0 Å². The van der Waals surface area contributed by atoms with Gasteiger partial charge in [0.2, 0.25) is 0 Å². The Kier molecular flexibility index (Phi) is 4.77. The first kappa shape index (κ1) is 17.5. The molecule has 24 heavy (non-hydrogen) atoms. The zero-order valence-corrected chi connectivity index (χ0v) is 15.7. The molecule has 0 amide bonds. The molecule has 0 bridgehead atoms. The fourth-order valence-corrected chi connectivity index (χ4v) is 5.47. The van der Waals surface area contributed by atoms with Crippen molar-refractivity contribution in [3.05, 3.63) is 71.3 Å². The van der Waals surface area contributed by atoms with E-state index in [1.54, 1.807) is 11.1 Å². The number of rotatable bonds is 2. The van der Waals surface area contributed by atoms with Crippen LogP contribution in [0.15, 0.2) is 54.6 Å². The standard InChI is InChI=1S/C22H27N.ClH/c1-4-23-16(2)14-21-19-13-9-8-12-18(19)20(15-22(21,23)3)17-10-6-5-7-11-17;/h5-13,16,20-21H,4,14-15H2,1-3H3;1H. The van der Waals surface area contributed by atoms with Crippen LogP contribution >= 0.6 is 12.4 Å². The van der Waals surface area contributed by atoms with Crippen LogP contribution in [0.3, 0.4) is 0 Å². The van der Waals surface area contributed by atoms with Crippen molar-refractivity contribution in [3.63, 3.8) is 0 Å². The van der Waals surface area contributed by atoms with E-state index in [1.165, 1.54) is 18.4 Å². The minimum absolute atomic E-state index is 0. The van der Waals surface area contributed by atoms with Gasteiger partial charge in [-0.05, 0) is 49.9 Å². The fraction of sp³-hybridized carbons (Fsp3) is 0.455. The van der Waals surface area contributed by atoms with E-state index in [9.17, 15) is 0 Å². The maximum absolute atomic E-state index is 2.75. The highest BCUT2D eigenvalue weighted by molar-refractivity contribution is 5.85. The number of hydrogen-bond donors (Lipinski definition) is 0. The van der Waals surface area contributed by atoms with Crippen molar-refractivity contribution in [3.8, 4) is 0 Å². The molecule has 4 rings (SSSR count). The van der Waals surface area contributed by atoms with E-state index >= 15 is 0 Å². The number of hydrogen-bond acceptors (Lipinski definition) is 1. The van der Waals surface area contributed by atoms with Crippen molar-refractivity contribution < 1.29 is 0 Å². The molecule has 4 atom stereocenters. The Hall–Kier alpha value is -1.31. The Bertz CT molecular complexity index is 698. The minimum Gasteiger partial charge on any atom is -0.295 e. The Morgan fingerprint density at radius 3 is 2.29 bits per heavy atom. The van der Waals surface area contributed by atoms with E-state index < -0.39 is 0 Å². The van der Waals surface area contributed by atoms with Crippen LogP contribution in [0.1, 0.15) is 62.1 Å². The van der Waals surface area contributed by atoms with Gasteiger partial charge in [-0.3, -0.25) is 4.90 Å². The monoisotopic (exact) mass is 341 g/mol. The zero-order chi connectivity index (χ0) is 16.0. The summed E-state index contributed by atoms with van der Waals surface area (Å²) in [4.78, 5) is 2.75. The summed E-state index contributed by atoms with van der Waals surface area (Å²) >= 11 is 0. The smallest absolute Gasteiger partial charge is 0.0262 e.